The summed E-state index contributed by atoms with van der Waals surface area (Å²) in [6, 6.07) is 11.9. The van der Waals surface area contributed by atoms with Crippen LogP contribution in [0.25, 0.3) is 11.3 Å². The summed E-state index contributed by atoms with van der Waals surface area (Å²) in [5, 5.41) is 13.2. The summed E-state index contributed by atoms with van der Waals surface area (Å²) in [6.07, 6.45) is -0.0746. The predicted molar refractivity (Wildman–Crippen MR) is 93.2 cm³/mol. The van der Waals surface area contributed by atoms with Crippen LogP contribution in [-0.4, -0.2) is 10.1 Å². The van der Waals surface area contributed by atoms with Crippen molar-refractivity contribution in [1.29, 1.82) is 0 Å². The Morgan fingerprint density at radius 3 is 2.71 bits per heavy atom. The van der Waals surface area contributed by atoms with Crippen LogP contribution in [0, 0.1) is 0 Å². The van der Waals surface area contributed by atoms with E-state index in [0.29, 0.717) is 10.8 Å². The molecule has 0 aliphatic carbocycles. The first-order chi connectivity index (χ1) is 10.1. The first kappa shape index (κ1) is 15.2. The highest BCUT2D eigenvalue weighted by atomic mass is 79.9. The second kappa shape index (κ2) is 6.58. The van der Waals surface area contributed by atoms with Gasteiger partial charge >= 0.3 is 0 Å². The second-order valence-electron chi connectivity index (χ2n) is 4.48. The number of thiophene rings is 1. The molecule has 3 aromatic rings. The lowest BCUT2D eigenvalue weighted by Gasteiger charge is -2.05. The van der Waals surface area contributed by atoms with E-state index < -0.39 is 6.10 Å². The van der Waals surface area contributed by atoms with Gasteiger partial charge in [-0.1, -0.05) is 41.9 Å². The first-order valence-electron chi connectivity index (χ1n) is 6.26. The van der Waals surface area contributed by atoms with E-state index in [1.165, 1.54) is 11.3 Å². The number of rotatable bonds is 4. The molecule has 21 heavy (non-hydrogen) atoms. The van der Waals surface area contributed by atoms with Gasteiger partial charge in [0.15, 0.2) is 0 Å². The van der Waals surface area contributed by atoms with Crippen LogP contribution in [0.5, 0.6) is 0 Å². The maximum Gasteiger partial charge on any atom is 0.107 e. The van der Waals surface area contributed by atoms with Gasteiger partial charge in [0, 0.05) is 26.7 Å². The molecular formula is C15H11BrClNOS2. The van der Waals surface area contributed by atoms with Crippen LogP contribution in [0.2, 0.25) is 4.34 Å². The zero-order chi connectivity index (χ0) is 14.8. The van der Waals surface area contributed by atoms with Gasteiger partial charge < -0.3 is 5.11 Å². The molecule has 6 heteroatoms. The monoisotopic (exact) mass is 399 g/mol. The fourth-order valence-corrected chi connectivity index (χ4v) is 4.50. The minimum atomic E-state index is -0.575. The van der Waals surface area contributed by atoms with Crippen molar-refractivity contribution < 1.29 is 5.11 Å². The second-order valence-corrected chi connectivity index (χ2v) is 7.97. The van der Waals surface area contributed by atoms with Gasteiger partial charge in [-0.2, -0.15) is 0 Å². The zero-order valence-electron chi connectivity index (χ0n) is 10.8. The number of halogens is 2. The third-order valence-corrected chi connectivity index (χ3v) is 6.43. The SMILES string of the molecule is OC(Cc1nc(-c2ccccc2)cs1)c1cc(Br)c(Cl)s1. The van der Waals surface area contributed by atoms with Crippen LogP contribution in [0.1, 0.15) is 16.0 Å². The number of hydrogen-bond donors (Lipinski definition) is 1. The van der Waals surface area contributed by atoms with Crippen molar-refractivity contribution in [2.75, 3.05) is 0 Å². The summed E-state index contributed by atoms with van der Waals surface area (Å²) in [6.45, 7) is 0. The third-order valence-electron chi connectivity index (χ3n) is 2.98. The highest BCUT2D eigenvalue weighted by molar-refractivity contribution is 9.10. The van der Waals surface area contributed by atoms with Gasteiger partial charge in [0.05, 0.1) is 16.8 Å². The van der Waals surface area contributed by atoms with Crippen molar-refractivity contribution >= 4 is 50.2 Å². The van der Waals surface area contributed by atoms with Crippen molar-refractivity contribution in [3.05, 3.63) is 60.5 Å². The summed E-state index contributed by atoms with van der Waals surface area (Å²) < 4.78 is 1.49. The molecule has 1 N–H and O–H groups in total. The molecule has 0 saturated heterocycles. The van der Waals surface area contributed by atoms with Crippen LogP contribution in [0.3, 0.4) is 0 Å². The fourth-order valence-electron chi connectivity index (χ4n) is 1.94. The van der Waals surface area contributed by atoms with E-state index in [2.05, 4.69) is 20.9 Å². The number of aliphatic hydroxyl groups excluding tert-OH is 1. The molecule has 1 unspecified atom stereocenters. The molecule has 0 fully saturated rings. The van der Waals surface area contributed by atoms with E-state index in [-0.39, 0.29) is 0 Å². The highest BCUT2D eigenvalue weighted by Crippen LogP contribution is 2.36. The summed E-state index contributed by atoms with van der Waals surface area (Å²) >= 11 is 12.3. The Balaban J connectivity index is 1.75. The van der Waals surface area contributed by atoms with Gasteiger partial charge in [0.2, 0.25) is 0 Å². The number of nitrogens with zero attached hydrogens (tertiary/aromatic N) is 1. The molecule has 2 nitrogen and oxygen atoms in total. The maximum absolute atomic E-state index is 10.3. The summed E-state index contributed by atoms with van der Waals surface area (Å²) in [4.78, 5) is 5.44. The average Bonchev–Trinajstić information content (AvgIpc) is 3.08. The van der Waals surface area contributed by atoms with E-state index in [1.54, 1.807) is 11.3 Å². The molecule has 0 amide bonds. The van der Waals surface area contributed by atoms with Gasteiger partial charge in [-0.05, 0) is 22.0 Å². The van der Waals surface area contributed by atoms with Gasteiger partial charge in [-0.15, -0.1) is 22.7 Å². The van der Waals surface area contributed by atoms with Crippen LogP contribution in [0.15, 0.2) is 46.3 Å². The zero-order valence-corrected chi connectivity index (χ0v) is 14.8. The van der Waals surface area contributed by atoms with E-state index in [1.807, 2.05) is 41.8 Å². The lowest BCUT2D eigenvalue weighted by Crippen LogP contribution is -1.99. The Morgan fingerprint density at radius 1 is 1.29 bits per heavy atom. The van der Waals surface area contributed by atoms with E-state index in [0.717, 1.165) is 25.6 Å². The van der Waals surface area contributed by atoms with Crippen LogP contribution < -0.4 is 0 Å². The number of thiazole rings is 1. The normalized spacial score (nSPS) is 12.5. The van der Waals surface area contributed by atoms with Crippen molar-refractivity contribution in [1.82, 2.24) is 4.98 Å². The Bertz CT molecular complexity index is 722. The third kappa shape index (κ3) is 3.55. The van der Waals surface area contributed by atoms with Crippen LogP contribution in [-0.2, 0) is 6.42 Å². The summed E-state index contributed by atoms with van der Waals surface area (Å²) in [5.41, 5.74) is 2.05. The van der Waals surface area contributed by atoms with Gasteiger partial charge in [-0.25, -0.2) is 4.98 Å². The number of benzene rings is 1. The minimum Gasteiger partial charge on any atom is -0.387 e. The van der Waals surface area contributed by atoms with Gasteiger partial charge in [0.25, 0.3) is 0 Å². The minimum absolute atomic E-state index is 0.501. The molecule has 0 aliphatic heterocycles. The maximum atomic E-state index is 10.3. The molecule has 0 radical (unpaired) electrons. The lowest BCUT2D eigenvalue weighted by atomic mass is 10.2. The first-order valence-corrected chi connectivity index (χ1v) is 9.13. The Hall–Kier alpha value is -0.720. The molecule has 0 saturated carbocycles. The summed E-state index contributed by atoms with van der Waals surface area (Å²) in [7, 11) is 0. The molecule has 0 spiro atoms. The Labute approximate surface area is 144 Å². The molecule has 2 aromatic heterocycles. The Kier molecular flexibility index (Phi) is 4.76. The Morgan fingerprint density at radius 2 is 2.05 bits per heavy atom. The standard InChI is InChI=1S/C15H11BrClNOS2/c16-10-6-13(21-15(10)17)12(19)7-14-18-11(8-20-14)9-4-2-1-3-5-9/h1-6,8,12,19H,7H2. The highest BCUT2D eigenvalue weighted by Gasteiger charge is 2.16. The molecule has 3 rings (SSSR count). The molecule has 0 bridgehead atoms. The molecule has 108 valence electrons. The molecule has 1 atom stereocenters. The number of aromatic nitrogens is 1. The fraction of sp³-hybridized carbons (Fsp3) is 0.133. The predicted octanol–water partition coefficient (Wildman–Crippen LogP) is 5.56. The molecular weight excluding hydrogens is 390 g/mol. The largest absolute Gasteiger partial charge is 0.387 e. The van der Waals surface area contributed by atoms with Crippen molar-refractivity contribution in [3.63, 3.8) is 0 Å². The number of hydrogen-bond acceptors (Lipinski definition) is 4. The topological polar surface area (TPSA) is 33.1 Å². The smallest absolute Gasteiger partial charge is 0.107 e. The van der Waals surface area contributed by atoms with E-state index in [4.69, 9.17) is 11.6 Å². The van der Waals surface area contributed by atoms with Crippen molar-refractivity contribution in [2.24, 2.45) is 0 Å². The lowest BCUT2D eigenvalue weighted by molar-refractivity contribution is 0.182. The van der Waals surface area contributed by atoms with Crippen LogP contribution in [0.4, 0.5) is 0 Å². The van der Waals surface area contributed by atoms with Crippen molar-refractivity contribution in [3.8, 4) is 11.3 Å². The van der Waals surface area contributed by atoms with E-state index in [9.17, 15) is 5.11 Å². The quantitative estimate of drug-likeness (QED) is 0.621. The molecule has 0 aliphatic rings. The summed E-state index contributed by atoms with van der Waals surface area (Å²) in [5.74, 6) is 0. The average molecular weight is 401 g/mol. The van der Waals surface area contributed by atoms with E-state index >= 15 is 0 Å². The number of aliphatic hydroxyl groups is 1. The van der Waals surface area contributed by atoms with Crippen LogP contribution >= 0.6 is 50.2 Å². The van der Waals surface area contributed by atoms with Crippen molar-refractivity contribution in [2.45, 2.75) is 12.5 Å². The molecule has 2 heterocycles. The van der Waals surface area contributed by atoms with Gasteiger partial charge in [-0.3, -0.25) is 0 Å². The van der Waals surface area contributed by atoms with Gasteiger partial charge in [0.1, 0.15) is 4.34 Å². The molecule has 1 aromatic carbocycles.